The predicted molar refractivity (Wildman–Crippen MR) is 125 cm³/mol. The van der Waals surface area contributed by atoms with Crippen LogP contribution in [0.2, 0.25) is 0 Å². The summed E-state index contributed by atoms with van der Waals surface area (Å²) >= 11 is 7.48. The summed E-state index contributed by atoms with van der Waals surface area (Å²) in [5.41, 5.74) is 5.87. The lowest BCUT2D eigenvalue weighted by Gasteiger charge is -2.14. The molecule has 2 aromatic carbocycles. The third-order valence-electron chi connectivity index (χ3n) is 5.67. The summed E-state index contributed by atoms with van der Waals surface area (Å²) in [5.74, 6) is 1.16. The van der Waals surface area contributed by atoms with Crippen LogP contribution in [0.25, 0.3) is 22.3 Å². The molecule has 1 fully saturated rings. The van der Waals surface area contributed by atoms with Gasteiger partial charge in [0.25, 0.3) is 0 Å². The molecule has 1 aromatic heterocycles. The summed E-state index contributed by atoms with van der Waals surface area (Å²) in [7, 11) is 2.05. The lowest BCUT2D eigenvalue weighted by molar-refractivity contribution is 0.533. The van der Waals surface area contributed by atoms with Crippen molar-refractivity contribution in [2.24, 2.45) is 7.05 Å². The van der Waals surface area contributed by atoms with Crippen molar-refractivity contribution in [3.05, 3.63) is 71.0 Å². The average molecular weight is 424 g/mol. The van der Waals surface area contributed by atoms with Crippen LogP contribution in [0.4, 0.5) is 4.39 Å². The molecule has 0 bridgehead atoms. The maximum Gasteiger partial charge on any atom is 0.0988 e. The van der Waals surface area contributed by atoms with E-state index in [0.29, 0.717) is 11.7 Å². The molecule has 150 valence electrons. The highest BCUT2D eigenvalue weighted by Crippen LogP contribution is 2.37. The maximum absolute atomic E-state index is 12.6. The van der Waals surface area contributed by atoms with Crippen molar-refractivity contribution in [3.8, 4) is 22.3 Å². The lowest BCUT2D eigenvalue weighted by atomic mass is 9.93. The van der Waals surface area contributed by atoms with E-state index in [1.807, 2.05) is 19.2 Å². The van der Waals surface area contributed by atoms with Gasteiger partial charge in [-0.25, -0.2) is 0 Å². The first kappa shape index (κ1) is 20.4. The van der Waals surface area contributed by atoms with Crippen LogP contribution in [0, 0.1) is 4.51 Å². The summed E-state index contributed by atoms with van der Waals surface area (Å²) in [5, 5.41) is 0. The molecular formula is C25H26FNS2. The quantitative estimate of drug-likeness (QED) is 0.294. The van der Waals surface area contributed by atoms with Crippen molar-refractivity contribution >= 4 is 24.0 Å². The van der Waals surface area contributed by atoms with Gasteiger partial charge in [0.1, 0.15) is 0 Å². The Morgan fingerprint density at radius 1 is 1.00 bits per heavy atom. The Bertz CT molecular complexity index is 1050. The van der Waals surface area contributed by atoms with E-state index in [1.165, 1.54) is 36.8 Å². The third-order valence-corrected chi connectivity index (χ3v) is 7.06. The van der Waals surface area contributed by atoms with E-state index in [-0.39, 0.29) is 6.67 Å². The zero-order chi connectivity index (χ0) is 20.2. The minimum atomic E-state index is -0.317. The normalized spacial score (nSPS) is 14.4. The number of hydrogen-bond donors (Lipinski definition) is 0. The van der Waals surface area contributed by atoms with Gasteiger partial charge in [0.2, 0.25) is 0 Å². The lowest BCUT2D eigenvalue weighted by Crippen LogP contribution is -1.97. The second kappa shape index (κ2) is 9.27. The van der Waals surface area contributed by atoms with E-state index in [2.05, 4.69) is 53.4 Å². The van der Waals surface area contributed by atoms with Crippen LogP contribution in [0.1, 0.15) is 37.2 Å². The number of alkyl halides is 1. The highest BCUT2D eigenvalue weighted by Gasteiger charge is 2.18. The van der Waals surface area contributed by atoms with Crippen LogP contribution in [-0.4, -0.2) is 17.0 Å². The second-order valence-corrected chi connectivity index (χ2v) is 9.33. The van der Waals surface area contributed by atoms with Crippen LogP contribution in [0.3, 0.4) is 0 Å². The summed E-state index contributed by atoms with van der Waals surface area (Å²) in [6.45, 7) is -0.317. The van der Waals surface area contributed by atoms with Gasteiger partial charge in [-0.1, -0.05) is 61.5 Å². The van der Waals surface area contributed by atoms with Gasteiger partial charge >= 0.3 is 0 Å². The predicted octanol–water partition coefficient (Wildman–Crippen LogP) is 7.81. The molecule has 0 amide bonds. The SMILES string of the molecule is Cn1cc(-c2cccc(SCCF)c2)c(=S)c(-c2cccc(C3CCCC3)c2)c1. The number of rotatable bonds is 6. The van der Waals surface area contributed by atoms with Crippen molar-refractivity contribution < 1.29 is 4.39 Å². The molecule has 1 aliphatic carbocycles. The molecular weight excluding hydrogens is 397 g/mol. The van der Waals surface area contributed by atoms with Crippen molar-refractivity contribution in [1.29, 1.82) is 0 Å². The third kappa shape index (κ3) is 4.65. The Morgan fingerprint density at radius 3 is 2.34 bits per heavy atom. The minimum absolute atomic E-state index is 0.317. The highest BCUT2D eigenvalue weighted by molar-refractivity contribution is 7.99. The fraction of sp³-hybridized carbons (Fsp3) is 0.320. The topological polar surface area (TPSA) is 4.93 Å². The molecule has 0 unspecified atom stereocenters. The van der Waals surface area contributed by atoms with Crippen LogP contribution < -0.4 is 0 Å². The summed E-state index contributed by atoms with van der Waals surface area (Å²) in [4.78, 5) is 1.07. The van der Waals surface area contributed by atoms with Crippen LogP contribution in [-0.2, 0) is 7.05 Å². The largest absolute Gasteiger partial charge is 0.356 e. The van der Waals surface area contributed by atoms with E-state index >= 15 is 0 Å². The van der Waals surface area contributed by atoms with E-state index in [9.17, 15) is 4.39 Å². The van der Waals surface area contributed by atoms with Gasteiger partial charge < -0.3 is 4.57 Å². The minimum Gasteiger partial charge on any atom is -0.356 e. The van der Waals surface area contributed by atoms with Crippen molar-refractivity contribution in [2.75, 3.05) is 12.4 Å². The average Bonchev–Trinajstić information content (AvgIpc) is 3.29. The molecule has 0 spiro atoms. The molecule has 0 atom stereocenters. The van der Waals surface area contributed by atoms with E-state index in [4.69, 9.17) is 12.2 Å². The van der Waals surface area contributed by atoms with Crippen molar-refractivity contribution in [1.82, 2.24) is 4.57 Å². The molecule has 29 heavy (non-hydrogen) atoms. The first-order valence-electron chi connectivity index (χ1n) is 10.3. The summed E-state index contributed by atoms with van der Waals surface area (Å²) < 4.78 is 15.5. The van der Waals surface area contributed by atoms with E-state index < -0.39 is 0 Å². The molecule has 1 saturated carbocycles. The zero-order valence-corrected chi connectivity index (χ0v) is 18.4. The molecule has 4 heteroatoms. The van der Waals surface area contributed by atoms with Gasteiger partial charge in [-0.3, -0.25) is 4.39 Å². The Morgan fingerprint density at radius 2 is 1.66 bits per heavy atom. The van der Waals surface area contributed by atoms with Crippen LogP contribution in [0.5, 0.6) is 0 Å². The Hall–Kier alpha value is -1.91. The number of hydrogen-bond acceptors (Lipinski definition) is 2. The molecule has 1 heterocycles. The van der Waals surface area contributed by atoms with E-state index in [1.54, 1.807) is 11.8 Å². The van der Waals surface area contributed by atoms with E-state index in [0.717, 1.165) is 26.1 Å². The maximum atomic E-state index is 12.6. The molecule has 3 aromatic rings. The molecule has 1 aliphatic rings. The summed E-state index contributed by atoms with van der Waals surface area (Å²) in [6, 6.07) is 17.2. The van der Waals surface area contributed by atoms with Gasteiger partial charge in [0.05, 0.1) is 11.2 Å². The molecule has 0 radical (unpaired) electrons. The number of aryl methyl sites for hydroxylation is 1. The number of pyridine rings is 1. The van der Waals surface area contributed by atoms with Gasteiger partial charge in [-0.2, -0.15) is 0 Å². The highest BCUT2D eigenvalue weighted by atomic mass is 32.2. The molecule has 1 nitrogen and oxygen atoms in total. The Balaban J connectivity index is 1.75. The fourth-order valence-electron chi connectivity index (χ4n) is 4.25. The number of thioether (sulfide) groups is 1. The standard InChI is InChI=1S/C25H26FNS2/c1-27-16-23(20-9-4-8-19(14-20)18-6-2-3-7-18)25(28)24(17-27)21-10-5-11-22(15-21)29-13-12-26/h4-5,8-11,14-18H,2-3,6-7,12-13H2,1H3. The van der Waals surface area contributed by atoms with Gasteiger partial charge in [0, 0.05) is 41.2 Å². The monoisotopic (exact) mass is 423 g/mol. The zero-order valence-electron chi connectivity index (χ0n) is 16.7. The van der Waals surface area contributed by atoms with Crippen LogP contribution >= 0.6 is 24.0 Å². The Kier molecular flexibility index (Phi) is 6.51. The molecule has 0 aliphatic heterocycles. The molecule has 4 rings (SSSR count). The van der Waals surface area contributed by atoms with Crippen LogP contribution in [0.15, 0.2) is 65.8 Å². The number of aromatic nitrogens is 1. The van der Waals surface area contributed by atoms with Crippen molar-refractivity contribution in [3.63, 3.8) is 0 Å². The number of halogens is 1. The van der Waals surface area contributed by atoms with Gasteiger partial charge in [0.15, 0.2) is 0 Å². The second-order valence-electron chi connectivity index (χ2n) is 7.75. The first-order valence-corrected chi connectivity index (χ1v) is 11.6. The number of nitrogens with zero attached hydrogens (tertiary/aromatic N) is 1. The molecule has 0 N–H and O–H groups in total. The smallest absolute Gasteiger partial charge is 0.0988 e. The first-order chi connectivity index (χ1) is 14.2. The fourth-order valence-corrected chi connectivity index (χ4v) is 5.29. The Labute approximate surface area is 182 Å². The van der Waals surface area contributed by atoms with Crippen molar-refractivity contribution in [2.45, 2.75) is 36.5 Å². The molecule has 0 saturated heterocycles. The number of benzene rings is 2. The summed E-state index contributed by atoms with van der Waals surface area (Å²) in [6.07, 6.45) is 9.47. The van der Waals surface area contributed by atoms with Gasteiger partial charge in [-0.15, -0.1) is 11.8 Å². The van der Waals surface area contributed by atoms with Gasteiger partial charge in [-0.05, 0) is 47.6 Å².